The van der Waals surface area contributed by atoms with Gasteiger partial charge in [-0.25, -0.2) is 0 Å². The van der Waals surface area contributed by atoms with Gasteiger partial charge >= 0.3 is 0 Å². The summed E-state index contributed by atoms with van der Waals surface area (Å²) in [7, 11) is 0. The Balaban J connectivity index is 0.000000114. The van der Waals surface area contributed by atoms with Gasteiger partial charge in [0.15, 0.2) is 0 Å². The highest BCUT2D eigenvalue weighted by Gasteiger charge is 2.27. The fourth-order valence-corrected chi connectivity index (χ4v) is 23.2. The lowest BCUT2D eigenvalue weighted by Crippen LogP contribution is -1.92. The number of hydrogen-bond donors (Lipinski definition) is 0. The van der Waals surface area contributed by atoms with Gasteiger partial charge < -0.3 is 13.3 Å². The van der Waals surface area contributed by atoms with E-state index in [4.69, 9.17) is 29.7 Å². The fourth-order valence-electron chi connectivity index (χ4n) is 23.2. The minimum Gasteiger partial charge on any atom is -0.455 e. The third-order valence-electron chi connectivity index (χ3n) is 29.8. The summed E-state index contributed by atoms with van der Waals surface area (Å²) in [5, 5.41) is 23.9. The minimum absolute atomic E-state index is 0.184. The van der Waals surface area contributed by atoms with Crippen molar-refractivity contribution in [1.29, 1.82) is 0 Å². The average Bonchev–Trinajstić information content (AvgIpc) is 1.50. The topological polar surface area (TPSA) is 39.4 Å². The van der Waals surface area contributed by atoms with Crippen molar-refractivity contribution in [3.63, 3.8) is 0 Å². The standard InChI is InChI=1S/2C50H30O.C46H28O/c1-4-15-37-31(12-1)28-29-44-49-36(22-11-23-46(49)51-50(37)44)32-24-26-33(27-25-32)47-40-18-7-9-20-42(40)48(43-21-10-8-19-41(43)47)45-30-34-13-2-3-14-35(34)38-16-5-6-17-39(38)45;1-3-12-37-31(10-1)22-25-35-30-36(27-28-38(35)37)48-43-16-7-5-14-41(43)47(42-15-6-8-17-44(42)48)34-23-20-33(21-24-34)39-18-9-19-46-49(39)45-29-26-32-11-2-4-13-40(32)50(45)51-46;1-2-12-33-28-34(25-20-29(33)10-1)44-39-16-7-5-14-37(39)43(38-15-6-8-17-40(38)44)32-23-21-31(22-24-32)35-18-9-19-42-45(35)41-27-26-30-11-3-4-13-36(30)46(41)47-42/h2*1-30H;1-28H/i7D,8D,9D,10D,18D,19D,20D,21D;2*5D,6D,7D,8D,14D,15D,16D,17D. The van der Waals surface area contributed by atoms with E-state index >= 15 is 0 Å². The van der Waals surface area contributed by atoms with Gasteiger partial charge in [-0.1, -0.05) is 479 Å². The molecule has 0 aliphatic rings. The van der Waals surface area contributed by atoms with Gasteiger partial charge in [-0.05, 0) is 289 Å². The second-order valence-electron chi connectivity index (χ2n) is 37.8. The molecule has 3 heteroatoms. The second kappa shape index (κ2) is 34.6. The molecule has 29 aromatic carbocycles. The fraction of sp³-hybridized carbons (Fsp3) is 0. The van der Waals surface area contributed by atoms with E-state index in [9.17, 15) is 16.4 Å². The van der Waals surface area contributed by atoms with E-state index in [1.165, 1.54) is 0 Å². The van der Waals surface area contributed by atoms with Crippen LogP contribution in [0.3, 0.4) is 0 Å². The summed E-state index contributed by atoms with van der Waals surface area (Å²) in [5.41, 5.74) is 15.5. The monoisotopic (exact) mass is 1910 g/mol. The average molecular weight is 1910 g/mol. The Bertz CT molecular complexity index is 12600. The zero-order chi connectivity index (χ0) is 119. The van der Waals surface area contributed by atoms with Crippen LogP contribution >= 0.6 is 0 Å². The lowest BCUT2D eigenvalue weighted by molar-refractivity contribution is 0.672. The molecular formula is C146H88O3. The summed E-state index contributed by atoms with van der Waals surface area (Å²) >= 11 is 0. The Morgan fingerprint density at radius 1 is 0.128 bits per heavy atom. The normalized spacial score (nSPS) is 14.1. The summed E-state index contributed by atoms with van der Waals surface area (Å²) < 4.78 is 238. The first kappa shape index (κ1) is 64.1. The largest absolute Gasteiger partial charge is 0.455 e. The summed E-state index contributed by atoms with van der Waals surface area (Å²) in [6.07, 6.45) is 0. The van der Waals surface area contributed by atoms with Gasteiger partial charge in [-0.2, -0.15) is 0 Å². The molecule has 32 rings (SSSR count). The number of benzene rings is 29. The first-order valence-corrected chi connectivity index (χ1v) is 49.4. The van der Waals surface area contributed by atoms with Gasteiger partial charge in [-0.15, -0.1) is 0 Å². The van der Waals surface area contributed by atoms with Crippen LogP contribution in [0, 0.1) is 0 Å². The van der Waals surface area contributed by atoms with Crippen LogP contribution < -0.4 is 0 Å². The van der Waals surface area contributed by atoms with E-state index < -0.39 is 72.5 Å². The van der Waals surface area contributed by atoms with Crippen LogP contribution in [-0.4, -0.2) is 0 Å². The lowest BCUT2D eigenvalue weighted by atomic mass is 9.83. The predicted octanol–water partition coefficient (Wildman–Crippen LogP) is 41.9. The zero-order valence-corrected chi connectivity index (χ0v) is 79.2. The van der Waals surface area contributed by atoms with Crippen molar-refractivity contribution in [2.24, 2.45) is 0 Å². The van der Waals surface area contributed by atoms with Crippen LogP contribution in [0.25, 0.3) is 317 Å². The summed E-state index contributed by atoms with van der Waals surface area (Å²) in [5.74, 6) is 0. The van der Waals surface area contributed by atoms with Crippen LogP contribution in [-0.2, 0) is 0 Å². The molecule has 0 N–H and O–H groups in total. The molecule has 3 heterocycles. The maximum absolute atomic E-state index is 9.47. The van der Waals surface area contributed by atoms with Gasteiger partial charge in [-0.3, -0.25) is 0 Å². The van der Waals surface area contributed by atoms with E-state index in [0.717, 1.165) is 185 Å². The smallest absolute Gasteiger partial charge is 0.143 e. The summed E-state index contributed by atoms with van der Waals surface area (Å²) in [6, 6.07) is 118. The first-order chi connectivity index (χ1) is 83.9. The second-order valence-corrected chi connectivity index (χ2v) is 37.8. The Morgan fingerprint density at radius 2 is 0.356 bits per heavy atom. The van der Waals surface area contributed by atoms with Crippen molar-refractivity contribution >= 4 is 217 Å². The number of rotatable bonds is 9. The quantitative estimate of drug-likeness (QED) is 0.107. The van der Waals surface area contributed by atoms with E-state index in [1.54, 1.807) is 0 Å². The van der Waals surface area contributed by atoms with Crippen LogP contribution in [0.15, 0.2) is 547 Å². The van der Waals surface area contributed by atoms with Gasteiger partial charge in [0.05, 0.1) is 32.9 Å². The SMILES string of the molecule is [2H]c1c([2H])c([2H])c2c(-c3cc4ccccc4c4ccccc34)c3c([2H])c([2H])c([2H])c([2H])c3c(-c3ccc(-c4cccc5oc6c7ccccc7ccc6c45)cc3)c2c1[2H].[2H]c1c([2H])c([2H])c2c(-c3ccc4c(ccc5ccccc54)c3)c3c([2H])c([2H])c([2H])c([2H])c3c(-c3ccc(-c4cccc5oc6c7ccccc7ccc6c45)cc3)c2c1[2H].[2H]c1c([2H])c([2H])c2c(-c3ccc4ccccc4c3)c3c([2H])c([2H])c([2H])c([2H])c3c(-c3ccc(-c4cccc5oc6c7ccccc7ccc6c45)cc3)c2c1[2H]. The van der Waals surface area contributed by atoms with Crippen molar-refractivity contribution in [3.05, 3.63) is 533 Å². The van der Waals surface area contributed by atoms with Crippen molar-refractivity contribution in [1.82, 2.24) is 0 Å². The minimum atomic E-state index is -0.430. The van der Waals surface area contributed by atoms with Crippen molar-refractivity contribution < 1.29 is 46.1 Å². The Hall–Kier alpha value is -19.6. The van der Waals surface area contributed by atoms with Crippen LogP contribution in [0.4, 0.5) is 0 Å². The van der Waals surface area contributed by atoms with E-state index in [0.29, 0.717) is 66.8 Å². The molecule has 690 valence electrons. The third-order valence-corrected chi connectivity index (χ3v) is 29.8. The molecule has 0 atom stereocenters. The number of furan rings is 3. The van der Waals surface area contributed by atoms with Crippen molar-refractivity contribution in [3.8, 4) is 100 Å². The molecule has 0 saturated carbocycles. The molecule has 0 aliphatic carbocycles. The highest BCUT2D eigenvalue weighted by atomic mass is 16.3. The van der Waals surface area contributed by atoms with Crippen molar-refractivity contribution in [2.75, 3.05) is 0 Å². The molecule has 0 unspecified atom stereocenters. The van der Waals surface area contributed by atoms with E-state index in [2.05, 4.69) is 78.9 Å². The maximum atomic E-state index is 9.47. The molecule has 0 aliphatic heterocycles. The molecular weight excluding hydrogens is 1800 g/mol. The van der Waals surface area contributed by atoms with E-state index in [-0.39, 0.29) is 137 Å². The van der Waals surface area contributed by atoms with Crippen LogP contribution in [0.5, 0.6) is 0 Å². The zero-order valence-electron chi connectivity index (χ0n) is 103. The van der Waals surface area contributed by atoms with Gasteiger partial charge in [0.2, 0.25) is 0 Å². The molecule has 3 nitrogen and oxygen atoms in total. The van der Waals surface area contributed by atoms with Crippen molar-refractivity contribution in [2.45, 2.75) is 0 Å². The van der Waals surface area contributed by atoms with Gasteiger partial charge in [0, 0.05) is 48.5 Å². The lowest BCUT2D eigenvalue weighted by Gasteiger charge is -2.19. The molecule has 149 heavy (non-hydrogen) atoms. The molecule has 0 amide bonds. The highest BCUT2D eigenvalue weighted by molar-refractivity contribution is 6.30. The van der Waals surface area contributed by atoms with Gasteiger partial charge in [0.25, 0.3) is 0 Å². The third kappa shape index (κ3) is 13.8. The molecule has 32 aromatic rings. The summed E-state index contributed by atoms with van der Waals surface area (Å²) in [6.45, 7) is 0. The predicted molar refractivity (Wildman–Crippen MR) is 635 cm³/mol. The molecule has 0 bridgehead atoms. The Labute approximate surface area is 891 Å². The first-order valence-electron chi connectivity index (χ1n) is 61.4. The van der Waals surface area contributed by atoms with E-state index in [1.807, 2.05) is 309 Å². The Morgan fingerprint density at radius 3 is 0.725 bits per heavy atom. The number of fused-ring (bicyclic) bond motifs is 28. The Kier molecular flexibility index (Phi) is 14.9. The molecule has 0 fully saturated rings. The van der Waals surface area contributed by atoms with Crippen LogP contribution in [0.2, 0.25) is 0 Å². The van der Waals surface area contributed by atoms with Gasteiger partial charge in [0.1, 0.15) is 33.5 Å². The maximum Gasteiger partial charge on any atom is 0.143 e. The molecule has 3 aromatic heterocycles. The highest BCUT2D eigenvalue weighted by Crippen LogP contribution is 2.53. The summed E-state index contributed by atoms with van der Waals surface area (Å²) in [4.78, 5) is 0. The molecule has 0 radical (unpaired) electrons. The van der Waals surface area contributed by atoms with Crippen LogP contribution in [0.1, 0.15) is 32.9 Å². The molecule has 0 spiro atoms. The molecule has 0 saturated heterocycles. The number of hydrogen-bond acceptors (Lipinski definition) is 3.